The van der Waals surface area contributed by atoms with Crippen molar-refractivity contribution in [3.05, 3.63) is 71.3 Å². The van der Waals surface area contributed by atoms with Gasteiger partial charge in [-0.25, -0.2) is 0 Å². The van der Waals surface area contributed by atoms with E-state index < -0.39 is 12.1 Å². The van der Waals surface area contributed by atoms with E-state index >= 15 is 0 Å². The number of carbonyl (C=O) groups excluding carboxylic acids is 1. The summed E-state index contributed by atoms with van der Waals surface area (Å²) in [4.78, 5) is 12.0. The fourth-order valence-electron chi connectivity index (χ4n) is 2.20. The van der Waals surface area contributed by atoms with Crippen molar-refractivity contribution < 1.29 is 9.90 Å². The molecule has 0 aliphatic carbocycles. The van der Waals surface area contributed by atoms with Crippen molar-refractivity contribution in [2.75, 3.05) is 6.54 Å². The third-order valence-corrected chi connectivity index (χ3v) is 3.57. The summed E-state index contributed by atoms with van der Waals surface area (Å²) in [6.07, 6.45) is -0.249. The van der Waals surface area contributed by atoms with E-state index in [9.17, 15) is 9.90 Å². The molecule has 0 bridgehead atoms. The lowest BCUT2D eigenvalue weighted by Gasteiger charge is -2.16. The van der Waals surface area contributed by atoms with Gasteiger partial charge in [-0.2, -0.15) is 0 Å². The largest absolute Gasteiger partial charge is 0.387 e. The van der Waals surface area contributed by atoms with E-state index in [0.29, 0.717) is 6.42 Å². The van der Waals surface area contributed by atoms with Crippen LogP contribution in [0.1, 0.15) is 22.8 Å². The summed E-state index contributed by atoms with van der Waals surface area (Å²) in [7, 11) is 0. The zero-order valence-electron chi connectivity index (χ0n) is 12.7. The lowest BCUT2D eigenvalue weighted by molar-refractivity contribution is -0.122. The van der Waals surface area contributed by atoms with Gasteiger partial charge < -0.3 is 16.2 Å². The third-order valence-electron chi connectivity index (χ3n) is 3.57. The highest BCUT2D eigenvalue weighted by molar-refractivity contribution is 5.81. The van der Waals surface area contributed by atoms with E-state index in [1.54, 1.807) is 0 Å². The highest BCUT2D eigenvalue weighted by atomic mass is 16.3. The summed E-state index contributed by atoms with van der Waals surface area (Å²) in [6.45, 7) is 2.14. The molecule has 2 atom stereocenters. The van der Waals surface area contributed by atoms with Gasteiger partial charge in [-0.15, -0.1) is 0 Å². The lowest BCUT2D eigenvalue weighted by atomic mass is 10.1. The van der Waals surface area contributed by atoms with Crippen LogP contribution in [0.2, 0.25) is 0 Å². The molecule has 0 heterocycles. The minimum Gasteiger partial charge on any atom is -0.387 e. The number of hydrogen-bond acceptors (Lipinski definition) is 3. The zero-order chi connectivity index (χ0) is 15.9. The van der Waals surface area contributed by atoms with E-state index in [1.807, 2.05) is 61.5 Å². The van der Waals surface area contributed by atoms with Crippen LogP contribution in [0.25, 0.3) is 0 Å². The second kappa shape index (κ2) is 7.73. The minimum atomic E-state index is -0.728. The monoisotopic (exact) mass is 298 g/mol. The molecule has 1 amide bonds. The van der Waals surface area contributed by atoms with Gasteiger partial charge in [-0.05, 0) is 24.5 Å². The fourth-order valence-corrected chi connectivity index (χ4v) is 2.20. The molecule has 0 aromatic heterocycles. The molecule has 2 aromatic rings. The molecule has 2 unspecified atom stereocenters. The second-order valence-electron chi connectivity index (χ2n) is 5.47. The van der Waals surface area contributed by atoms with Gasteiger partial charge in [0.15, 0.2) is 0 Å². The van der Waals surface area contributed by atoms with Crippen LogP contribution in [-0.2, 0) is 11.2 Å². The van der Waals surface area contributed by atoms with Gasteiger partial charge in [0.25, 0.3) is 0 Å². The van der Waals surface area contributed by atoms with Gasteiger partial charge in [0.2, 0.25) is 5.91 Å². The van der Waals surface area contributed by atoms with Gasteiger partial charge >= 0.3 is 0 Å². The van der Waals surface area contributed by atoms with Crippen LogP contribution in [0.5, 0.6) is 0 Å². The topological polar surface area (TPSA) is 75.3 Å². The number of aliphatic hydroxyl groups excluding tert-OH is 1. The SMILES string of the molecule is Cc1ccc(C(O)CNC(=O)C(N)Cc2ccccc2)cc1. The Morgan fingerprint density at radius 2 is 1.77 bits per heavy atom. The highest BCUT2D eigenvalue weighted by Gasteiger charge is 2.15. The number of nitrogens with one attached hydrogen (secondary N) is 1. The van der Waals surface area contributed by atoms with Crippen molar-refractivity contribution in [2.24, 2.45) is 5.73 Å². The van der Waals surface area contributed by atoms with Gasteiger partial charge in [0.05, 0.1) is 12.1 Å². The standard InChI is InChI=1S/C18H22N2O2/c1-13-7-9-15(10-8-13)17(21)12-20-18(22)16(19)11-14-5-3-2-4-6-14/h2-10,16-17,21H,11-12,19H2,1H3,(H,20,22). The molecule has 4 N–H and O–H groups in total. The summed E-state index contributed by atoms with van der Waals surface area (Å²) in [6, 6.07) is 16.6. The number of amides is 1. The summed E-state index contributed by atoms with van der Waals surface area (Å²) in [5.74, 6) is -0.255. The quantitative estimate of drug-likeness (QED) is 0.760. The van der Waals surface area contributed by atoms with E-state index in [4.69, 9.17) is 5.73 Å². The number of hydrogen-bond donors (Lipinski definition) is 3. The van der Waals surface area contributed by atoms with E-state index in [1.165, 1.54) is 0 Å². The van der Waals surface area contributed by atoms with Crippen molar-refractivity contribution >= 4 is 5.91 Å². The molecule has 4 nitrogen and oxygen atoms in total. The molecule has 0 aliphatic rings. The summed E-state index contributed by atoms with van der Waals surface area (Å²) >= 11 is 0. The average Bonchev–Trinajstić information content (AvgIpc) is 2.53. The lowest BCUT2D eigenvalue weighted by Crippen LogP contribution is -2.43. The van der Waals surface area contributed by atoms with E-state index in [2.05, 4.69) is 5.32 Å². The van der Waals surface area contributed by atoms with Crippen LogP contribution in [0, 0.1) is 6.92 Å². The Hall–Kier alpha value is -2.17. The van der Waals surface area contributed by atoms with Crippen molar-refractivity contribution in [1.82, 2.24) is 5.32 Å². The normalized spacial score (nSPS) is 13.4. The summed E-state index contributed by atoms with van der Waals surface area (Å²) < 4.78 is 0. The van der Waals surface area contributed by atoms with Crippen molar-refractivity contribution in [1.29, 1.82) is 0 Å². The summed E-state index contributed by atoms with van der Waals surface area (Å²) in [5, 5.41) is 12.8. The first-order chi connectivity index (χ1) is 10.6. The second-order valence-corrected chi connectivity index (χ2v) is 5.47. The van der Waals surface area contributed by atoms with Gasteiger partial charge in [0, 0.05) is 6.54 Å². The molecule has 22 heavy (non-hydrogen) atoms. The average molecular weight is 298 g/mol. The van der Waals surface area contributed by atoms with Gasteiger partial charge in [-0.1, -0.05) is 60.2 Å². The minimum absolute atomic E-state index is 0.157. The molecule has 2 rings (SSSR count). The van der Waals surface area contributed by atoms with Crippen LogP contribution in [0.15, 0.2) is 54.6 Å². The molecular formula is C18H22N2O2. The molecule has 0 radical (unpaired) electrons. The third kappa shape index (κ3) is 4.69. The Labute approximate surface area is 131 Å². The van der Waals surface area contributed by atoms with Crippen LogP contribution in [0.4, 0.5) is 0 Å². The molecule has 0 saturated heterocycles. The first kappa shape index (κ1) is 16.2. The maximum atomic E-state index is 12.0. The zero-order valence-corrected chi connectivity index (χ0v) is 12.7. The predicted octanol–water partition coefficient (Wildman–Crippen LogP) is 1.71. The van der Waals surface area contributed by atoms with Crippen LogP contribution < -0.4 is 11.1 Å². The maximum Gasteiger partial charge on any atom is 0.237 e. The molecule has 0 spiro atoms. The Bertz CT molecular complexity index is 596. The van der Waals surface area contributed by atoms with E-state index in [0.717, 1.165) is 16.7 Å². The number of aryl methyl sites for hydroxylation is 1. The molecule has 4 heteroatoms. The first-order valence-corrected chi connectivity index (χ1v) is 7.38. The molecule has 0 fully saturated rings. The number of nitrogens with two attached hydrogens (primary N) is 1. The Morgan fingerprint density at radius 3 is 2.41 bits per heavy atom. The Balaban J connectivity index is 1.82. The number of benzene rings is 2. The Kier molecular flexibility index (Phi) is 5.69. The van der Waals surface area contributed by atoms with Gasteiger partial charge in [-0.3, -0.25) is 4.79 Å². The van der Waals surface area contributed by atoms with Crippen molar-refractivity contribution in [2.45, 2.75) is 25.5 Å². The fraction of sp³-hybridized carbons (Fsp3) is 0.278. The first-order valence-electron chi connectivity index (χ1n) is 7.38. The van der Waals surface area contributed by atoms with Crippen molar-refractivity contribution in [3.63, 3.8) is 0 Å². The predicted molar refractivity (Wildman–Crippen MR) is 87.3 cm³/mol. The van der Waals surface area contributed by atoms with Crippen LogP contribution in [0.3, 0.4) is 0 Å². The van der Waals surface area contributed by atoms with Crippen LogP contribution >= 0.6 is 0 Å². The number of rotatable bonds is 6. The smallest absolute Gasteiger partial charge is 0.237 e. The van der Waals surface area contributed by atoms with E-state index in [-0.39, 0.29) is 12.5 Å². The van der Waals surface area contributed by atoms with Crippen LogP contribution in [-0.4, -0.2) is 23.6 Å². The maximum absolute atomic E-state index is 12.0. The van der Waals surface area contributed by atoms with Crippen molar-refractivity contribution in [3.8, 4) is 0 Å². The Morgan fingerprint density at radius 1 is 1.14 bits per heavy atom. The summed E-state index contributed by atoms with van der Waals surface area (Å²) in [5.41, 5.74) is 8.83. The van der Waals surface area contributed by atoms with Gasteiger partial charge in [0.1, 0.15) is 0 Å². The highest BCUT2D eigenvalue weighted by Crippen LogP contribution is 2.12. The number of carbonyl (C=O) groups is 1. The molecule has 0 aliphatic heterocycles. The number of aliphatic hydroxyl groups is 1. The molecular weight excluding hydrogens is 276 g/mol. The molecule has 2 aromatic carbocycles. The molecule has 0 saturated carbocycles. The molecule has 116 valence electrons.